The molecule has 0 fully saturated rings. The zero-order chi connectivity index (χ0) is 27.1. The Labute approximate surface area is 235 Å². The number of fused-ring (bicyclic) bond motifs is 3. The predicted octanol–water partition coefficient (Wildman–Crippen LogP) is 9.09. The van der Waals surface area contributed by atoms with Crippen molar-refractivity contribution in [3.8, 4) is 44.5 Å². The van der Waals surface area contributed by atoms with Gasteiger partial charge >= 0.3 is 0 Å². The van der Waals surface area contributed by atoms with Gasteiger partial charge in [0.05, 0.1) is 9.79 Å². The Hall–Kier alpha value is -4.73. The summed E-state index contributed by atoms with van der Waals surface area (Å²) >= 11 is 0. The van der Waals surface area contributed by atoms with Crippen molar-refractivity contribution in [1.82, 2.24) is 0 Å². The van der Waals surface area contributed by atoms with E-state index in [1.165, 1.54) is 11.1 Å². The lowest BCUT2D eigenvalue weighted by atomic mass is 9.82. The van der Waals surface area contributed by atoms with E-state index in [2.05, 4.69) is 66.7 Å². The SMILES string of the molecule is O=S(=O)(c1ccccc1)c1ccccc1-c1c2c(cc(-c3ccccc3)c1-c1ccccc1)-c1ccccc1C2. The van der Waals surface area contributed by atoms with Crippen molar-refractivity contribution >= 4 is 9.84 Å². The van der Waals surface area contributed by atoms with E-state index in [1.807, 2.05) is 48.5 Å². The summed E-state index contributed by atoms with van der Waals surface area (Å²) in [5.41, 5.74) is 10.8. The molecule has 0 saturated carbocycles. The highest BCUT2D eigenvalue weighted by Gasteiger charge is 2.30. The van der Waals surface area contributed by atoms with Crippen molar-refractivity contribution < 1.29 is 8.42 Å². The van der Waals surface area contributed by atoms with Crippen LogP contribution < -0.4 is 0 Å². The number of rotatable bonds is 5. The number of hydrogen-bond donors (Lipinski definition) is 0. The van der Waals surface area contributed by atoms with Crippen LogP contribution in [0.4, 0.5) is 0 Å². The summed E-state index contributed by atoms with van der Waals surface area (Å²) in [6, 6.07) is 47.7. The van der Waals surface area contributed by atoms with Crippen LogP contribution in [0.25, 0.3) is 44.5 Å². The molecule has 2 nitrogen and oxygen atoms in total. The Morgan fingerprint density at radius 3 is 1.70 bits per heavy atom. The Morgan fingerprint density at radius 2 is 1.00 bits per heavy atom. The smallest absolute Gasteiger partial charge is 0.207 e. The van der Waals surface area contributed by atoms with Crippen molar-refractivity contribution in [2.45, 2.75) is 16.2 Å². The number of benzene rings is 6. The standard InChI is InChI=1S/C37H26O2S/c38-40(39,29-19-8-3-9-20-29)35-23-13-12-22-31(35)37-34-24-28-18-10-11-21-30(28)33(34)25-32(26-14-4-1-5-15-26)36(37)27-16-6-2-7-17-27/h1-23,25H,24H2. The average molecular weight is 535 g/mol. The highest BCUT2D eigenvalue weighted by atomic mass is 32.2. The predicted molar refractivity (Wildman–Crippen MR) is 163 cm³/mol. The molecule has 0 atom stereocenters. The summed E-state index contributed by atoms with van der Waals surface area (Å²) in [6.45, 7) is 0. The number of hydrogen-bond acceptors (Lipinski definition) is 2. The van der Waals surface area contributed by atoms with Crippen LogP contribution in [-0.4, -0.2) is 8.42 Å². The largest absolute Gasteiger partial charge is 0.218 e. The van der Waals surface area contributed by atoms with Gasteiger partial charge in [0.25, 0.3) is 0 Å². The number of sulfone groups is 1. The zero-order valence-corrected chi connectivity index (χ0v) is 22.6. The monoisotopic (exact) mass is 534 g/mol. The molecule has 1 aliphatic carbocycles. The minimum Gasteiger partial charge on any atom is -0.218 e. The fourth-order valence-corrected chi connectivity index (χ4v) is 7.44. The summed E-state index contributed by atoms with van der Waals surface area (Å²) in [7, 11) is -3.78. The van der Waals surface area contributed by atoms with E-state index in [-0.39, 0.29) is 0 Å². The summed E-state index contributed by atoms with van der Waals surface area (Å²) in [4.78, 5) is 0.615. The van der Waals surface area contributed by atoms with Crippen LogP contribution in [0.2, 0.25) is 0 Å². The van der Waals surface area contributed by atoms with Gasteiger partial charge in [-0.1, -0.05) is 121 Å². The Bertz CT molecular complexity index is 1960. The third-order valence-electron chi connectivity index (χ3n) is 7.76. The second kappa shape index (κ2) is 9.78. The average Bonchev–Trinajstić information content (AvgIpc) is 3.40. The van der Waals surface area contributed by atoms with Crippen molar-refractivity contribution in [3.05, 3.63) is 157 Å². The molecule has 0 amide bonds. The van der Waals surface area contributed by atoms with E-state index in [0.717, 1.165) is 50.9 Å². The van der Waals surface area contributed by atoms with E-state index in [9.17, 15) is 8.42 Å². The molecule has 3 heteroatoms. The van der Waals surface area contributed by atoms with Crippen LogP contribution >= 0.6 is 0 Å². The molecule has 0 heterocycles. The third kappa shape index (κ3) is 3.98. The highest BCUT2D eigenvalue weighted by Crippen LogP contribution is 2.51. The summed E-state index contributed by atoms with van der Waals surface area (Å²) in [6.07, 6.45) is 0.745. The van der Waals surface area contributed by atoms with E-state index < -0.39 is 9.84 Å². The van der Waals surface area contributed by atoms with Crippen molar-refractivity contribution in [3.63, 3.8) is 0 Å². The van der Waals surface area contributed by atoms with Crippen LogP contribution in [0.3, 0.4) is 0 Å². The summed E-state index contributed by atoms with van der Waals surface area (Å²) in [5, 5.41) is 0. The van der Waals surface area contributed by atoms with Gasteiger partial charge in [0.1, 0.15) is 0 Å². The van der Waals surface area contributed by atoms with Gasteiger partial charge in [0.2, 0.25) is 9.84 Å². The molecule has 0 saturated heterocycles. The lowest BCUT2D eigenvalue weighted by Gasteiger charge is -2.22. The molecular weight excluding hydrogens is 508 g/mol. The van der Waals surface area contributed by atoms with Crippen LogP contribution in [0.15, 0.2) is 155 Å². The minimum atomic E-state index is -3.78. The van der Waals surface area contributed by atoms with E-state index in [4.69, 9.17) is 0 Å². The molecule has 0 radical (unpaired) electrons. The molecule has 40 heavy (non-hydrogen) atoms. The molecule has 6 aromatic rings. The van der Waals surface area contributed by atoms with Gasteiger partial charge in [-0.2, -0.15) is 0 Å². The van der Waals surface area contributed by atoms with Crippen LogP contribution in [0, 0.1) is 0 Å². The van der Waals surface area contributed by atoms with Crippen molar-refractivity contribution in [2.75, 3.05) is 0 Å². The van der Waals surface area contributed by atoms with Gasteiger partial charge in [0, 0.05) is 5.56 Å². The molecule has 7 rings (SSSR count). The molecule has 6 aromatic carbocycles. The molecule has 0 N–H and O–H groups in total. The maximum atomic E-state index is 14.1. The third-order valence-corrected chi connectivity index (χ3v) is 9.58. The maximum Gasteiger partial charge on any atom is 0.207 e. The molecule has 0 aliphatic heterocycles. The van der Waals surface area contributed by atoms with Crippen molar-refractivity contribution in [1.29, 1.82) is 0 Å². The van der Waals surface area contributed by atoms with Gasteiger partial charge < -0.3 is 0 Å². The van der Waals surface area contributed by atoms with Gasteiger partial charge in [-0.3, -0.25) is 0 Å². The molecule has 0 unspecified atom stereocenters. The van der Waals surface area contributed by atoms with E-state index >= 15 is 0 Å². The molecule has 0 spiro atoms. The van der Waals surface area contributed by atoms with Gasteiger partial charge in [-0.05, 0) is 80.8 Å². The molecule has 192 valence electrons. The molecule has 0 bridgehead atoms. The second-order valence-electron chi connectivity index (χ2n) is 10.1. The normalized spacial score (nSPS) is 12.1. The first-order valence-corrected chi connectivity index (χ1v) is 14.9. The van der Waals surface area contributed by atoms with Crippen LogP contribution in [0.1, 0.15) is 11.1 Å². The Morgan fingerprint density at radius 1 is 0.450 bits per heavy atom. The van der Waals surface area contributed by atoms with E-state index in [0.29, 0.717) is 9.79 Å². The van der Waals surface area contributed by atoms with Gasteiger partial charge in [-0.25, -0.2) is 8.42 Å². The summed E-state index contributed by atoms with van der Waals surface area (Å²) in [5.74, 6) is 0. The lowest BCUT2D eigenvalue weighted by molar-refractivity contribution is 0.596. The zero-order valence-electron chi connectivity index (χ0n) is 21.8. The Kier molecular flexibility index (Phi) is 5.95. The van der Waals surface area contributed by atoms with Crippen LogP contribution in [0.5, 0.6) is 0 Å². The summed E-state index contributed by atoms with van der Waals surface area (Å²) < 4.78 is 28.3. The second-order valence-corrected chi connectivity index (χ2v) is 12.0. The minimum absolute atomic E-state index is 0.294. The first kappa shape index (κ1) is 24.3. The topological polar surface area (TPSA) is 34.1 Å². The van der Waals surface area contributed by atoms with Gasteiger partial charge in [0.15, 0.2) is 0 Å². The molecular formula is C37H26O2S. The lowest BCUT2D eigenvalue weighted by Crippen LogP contribution is -2.06. The Balaban J connectivity index is 1.63. The quantitative estimate of drug-likeness (QED) is 0.221. The fraction of sp³-hybridized carbons (Fsp3) is 0.0270. The van der Waals surface area contributed by atoms with Crippen LogP contribution in [-0.2, 0) is 16.3 Å². The van der Waals surface area contributed by atoms with Crippen molar-refractivity contribution in [2.24, 2.45) is 0 Å². The molecule has 1 aliphatic rings. The van der Waals surface area contributed by atoms with E-state index in [1.54, 1.807) is 30.3 Å². The first-order valence-electron chi connectivity index (χ1n) is 13.4. The highest BCUT2D eigenvalue weighted by molar-refractivity contribution is 7.91. The van der Waals surface area contributed by atoms with Gasteiger partial charge in [-0.15, -0.1) is 0 Å². The first-order chi connectivity index (χ1) is 19.6. The fourth-order valence-electron chi connectivity index (χ4n) is 5.96. The molecule has 0 aromatic heterocycles. The maximum absolute atomic E-state index is 14.1.